The molecule has 1 spiro atoms. The van der Waals surface area contributed by atoms with Gasteiger partial charge < -0.3 is 4.74 Å². The molecule has 1 heterocycles. The molecular weight excluding hydrogens is 317 g/mol. The number of pyridine rings is 1. The molecule has 0 radical (unpaired) electrons. The Hall–Kier alpha value is -1.97. The molecule has 2 fully saturated rings. The van der Waals surface area contributed by atoms with Crippen molar-refractivity contribution in [1.82, 2.24) is 4.98 Å². The first-order valence-electron chi connectivity index (χ1n) is 9.34. The molecule has 1 aromatic heterocycles. The number of nitrogens with zero attached hydrogens (tertiary/aromatic N) is 1. The van der Waals surface area contributed by atoms with Crippen LogP contribution in [-0.4, -0.2) is 17.6 Å². The van der Waals surface area contributed by atoms with E-state index in [4.69, 9.17) is 4.74 Å². The number of halogens is 1. The summed E-state index contributed by atoms with van der Waals surface area (Å²) >= 11 is 0. The summed E-state index contributed by atoms with van der Waals surface area (Å²) in [5.41, 5.74) is 2.20. The fourth-order valence-corrected chi connectivity index (χ4v) is 4.91. The molecule has 0 unspecified atom stereocenters. The molecule has 2 aromatic rings. The molecule has 0 saturated heterocycles. The summed E-state index contributed by atoms with van der Waals surface area (Å²) in [5.74, 6) is 0.278. The highest BCUT2D eigenvalue weighted by molar-refractivity contribution is 5.82. The van der Waals surface area contributed by atoms with Crippen molar-refractivity contribution in [2.24, 2.45) is 11.3 Å². The number of ether oxygens (including phenoxy) is 1. The second-order valence-corrected chi connectivity index (χ2v) is 7.54. The van der Waals surface area contributed by atoms with Gasteiger partial charge in [-0.3, -0.25) is 9.78 Å². The maximum atomic E-state index is 13.7. The van der Waals surface area contributed by atoms with E-state index in [0.717, 1.165) is 49.4 Å². The summed E-state index contributed by atoms with van der Waals surface area (Å²) < 4.78 is 19.0. The largest absolute Gasteiger partial charge is 0.466 e. The average Bonchev–Trinajstić information content (AvgIpc) is 2.60. The van der Waals surface area contributed by atoms with Gasteiger partial charge in [-0.1, -0.05) is 0 Å². The van der Waals surface area contributed by atoms with Crippen molar-refractivity contribution in [1.29, 1.82) is 0 Å². The maximum Gasteiger partial charge on any atom is 0.309 e. The van der Waals surface area contributed by atoms with E-state index in [9.17, 15) is 9.18 Å². The number of benzene rings is 1. The lowest BCUT2D eigenvalue weighted by atomic mass is 9.52. The van der Waals surface area contributed by atoms with E-state index in [2.05, 4.69) is 4.98 Å². The molecule has 0 amide bonds. The summed E-state index contributed by atoms with van der Waals surface area (Å²) in [5, 5.41) is 0.930. The van der Waals surface area contributed by atoms with Crippen LogP contribution in [0.4, 0.5) is 4.39 Å². The third-order valence-electron chi connectivity index (χ3n) is 6.40. The summed E-state index contributed by atoms with van der Waals surface area (Å²) in [4.78, 5) is 16.6. The molecule has 25 heavy (non-hydrogen) atoms. The SMILES string of the molecule is CCOC(=O)[C@H]1CC[C@]12CC[C@H](c1ccnc3ccc(F)cc31)CC2. The van der Waals surface area contributed by atoms with Gasteiger partial charge in [-0.25, -0.2) is 4.39 Å². The number of esters is 1. The summed E-state index contributed by atoms with van der Waals surface area (Å²) in [6.07, 6.45) is 8.13. The minimum Gasteiger partial charge on any atom is -0.466 e. The molecule has 4 rings (SSSR count). The first kappa shape index (κ1) is 16.5. The minimum atomic E-state index is -0.213. The van der Waals surface area contributed by atoms with Gasteiger partial charge in [-0.15, -0.1) is 0 Å². The number of aromatic nitrogens is 1. The van der Waals surface area contributed by atoms with Crippen LogP contribution in [0.5, 0.6) is 0 Å². The molecule has 4 heteroatoms. The molecule has 2 saturated carbocycles. The van der Waals surface area contributed by atoms with E-state index in [1.165, 1.54) is 11.6 Å². The Kier molecular flexibility index (Phi) is 4.22. The lowest BCUT2D eigenvalue weighted by molar-refractivity contribution is -0.163. The van der Waals surface area contributed by atoms with Gasteiger partial charge in [0.2, 0.25) is 0 Å². The predicted octanol–water partition coefficient (Wildman–Crippen LogP) is 4.99. The van der Waals surface area contributed by atoms with Crippen molar-refractivity contribution >= 4 is 16.9 Å². The lowest BCUT2D eigenvalue weighted by Crippen LogP contribution is -2.47. The first-order chi connectivity index (χ1) is 12.1. The van der Waals surface area contributed by atoms with Crippen molar-refractivity contribution in [2.75, 3.05) is 6.61 Å². The standard InChI is InChI=1S/C21H24FNO2/c1-2-25-20(24)18-7-11-21(18)9-5-14(6-10-21)16-8-12-23-19-4-3-15(22)13-17(16)19/h3-4,8,12-14,18H,2,5-7,9-11H2,1H3/t14-,18-,21+/m1/s1. The Labute approximate surface area is 147 Å². The second-order valence-electron chi connectivity index (χ2n) is 7.54. The fourth-order valence-electron chi connectivity index (χ4n) is 4.91. The molecular formula is C21H24FNO2. The van der Waals surface area contributed by atoms with Gasteiger partial charge in [0.1, 0.15) is 5.82 Å². The van der Waals surface area contributed by atoms with E-state index in [0.29, 0.717) is 12.5 Å². The summed E-state index contributed by atoms with van der Waals surface area (Å²) in [7, 11) is 0. The number of carbonyl (C=O) groups excluding carboxylic acids is 1. The van der Waals surface area contributed by atoms with E-state index in [-0.39, 0.29) is 23.1 Å². The molecule has 2 aliphatic carbocycles. The highest BCUT2D eigenvalue weighted by Gasteiger charge is 2.52. The molecule has 0 bridgehead atoms. The zero-order valence-electron chi connectivity index (χ0n) is 14.6. The Morgan fingerprint density at radius 2 is 2.00 bits per heavy atom. The molecule has 3 nitrogen and oxygen atoms in total. The number of hydrogen-bond donors (Lipinski definition) is 0. The number of rotatable bonds is 3. The third kappa shape index (κ3) is 2.82. The van der Waals surface area contributed by atoms with Crippen LogP contribution in [0.25, 0.3) is 10.9 Å². The summed E-state index contributed by atoms with van der Waals surface area (Å²) in [6.45, 7) is 2.33. The maximum absolute atomic E-state index is 13.7. The molecule has 132 valence electrons. The Bertz CT molecular complexity index is 796. The zero-order chi connectivity index (χ0) is 17.4. The monoisotopic (exact) mass is 341 g/mol. The van der Waals surface area contributed by atoms with E-state index >= 15 is 0 Å². The number of hydrogen-bond acceptors (Lipinski definition) is 3. The lowest BCUT2D eigenvalue weighted by Gasteiger charge is -2.52. The van der Waals surface area contributed by atoms with Crippen LogP contribution < -0.4 is 0 Å². The van der Waals surface area contributed by atoms with Crippen LogP contribution in [-0.2, 0) is 9.53 Å². The van der Waals surface area contributed by atoms with Crippen molar-refractivity contribution in [3.8, 4) is 0 Å². The molecule has 0 aliphatic heterocycles. The number of fused-ring (bicyclic) bond motifs is 1. The van der Waals surface area contributed by atoms with Crippen LogP contribution in [0.1, 0.15) is 56.9 Å². The van der Waals surface area contributed by atoms with Crippen molar-refractivity contribution in [3.63, 3.8) is 0 Å². The molecule has 1 atom stereocenters. The zero-order valence-corrected chi connectivity index (χ0v) is 14.6. The third-order valence-corrected chi connectivity index (χ3v) is 6.40. The smallest absolute Gasteiger partial charge is 0.309 e. The van der Waals surface area contributed by atoms with Crippen LogP contribution in [0.3, 0.4) is 0 Å². The normalized spacial score (nSPS) is 28.7. The van der Waals surface area contributed by atoms with E-state index in [1.807, 2.05) is 19.2 Å². The van der Waals surface area contributed by atoms with Gasteiger partial charge in [0.15, 0.2) is 0 Å². The van der Waals surface area contributed by atoms with Crippen LogP contribution in [0.15, 0.2) is 30.5 Å². The van der Waals surface area contributed by atoms with E-state index < -0.39 is 0 Å². The average molecular weight is 341 g/mol. The highest BCUT2D eigenvalue weighted by atomic mass is 19.1. The molecule has 2 aliphatic rings. The topological polar surface area (TPSA) is 39.2 Å². The van der Waals surface area contributed by atoms with Crippen molar-refractivity contribution < 1.29 is 13.9 Å². The quantitative estimate of drug-likeness (QED) is 0.738. The Morgan fingerprint density at radius 3 is 2.68 bits per heavy atom. The van der Waals surface area contributed by atoms with Gasteiger partial charge in [-0.2, -0.15) is 0 Å². The Balaban J connectivity index is 1.53. The first-order valence-corrected chi connectivity index (χ1v) is 9.34. The number of carbonyl (C=O) groups is 1. The van der Waals surface area contributed by atoms with Crippen molar-refractivity contribution in [2.45, 2.75) is 51.4 Å². The van der Waals surface area contributed by atoms with Crippen molar-refractivity contribution in [3.05, 3.63) is 41.8 Å². The summed E-state index contributed by atoms with van der Waals surface area (Å²) in [6, 6.07) is 6.86. The van der Waals surface area contributed by atoms with Crippen LogP contribution >= 0.6 is 0 Å². The van der Waals surface area contributed by atoms with E-state index in [1.54, 1.807) is 12.1 Å². The molecule has 1 aromatic carbocycles. The van der Waals surface area contributed by atoms with Gasteiger partial charge >= 0.3 is 5.97 Å². The fraction of sp³-hybridized carbons (Fsp3) is 0.524. The van der Waals surface area contributed by atoms with Crippen LogP contribution in [0, 0.1) is 17.2 Å². The van der Waals surface area contributed by atoms with Crippen LogP contribution in [0.2, 0.25) is 0 Å². The minimum absolute atomic E-state index is 0.0105. The van der Waals surface area contributed by atoms with Gasteiger partial charge in [0.05, 0.1) is 18.0 Å². The highest BCUT2D eigenvalue weighted by Crippen LogP contribution is 2.58. The Morgan fingerprint density at radius 1 is 1.24 bits per heavy atom. The second kappa shape index (κ2) is 6.40. The van der Waals surface area contributed by atoms with Gasteiger partial charge in [0, 0.05) is 11.6 Å². The van der Waals surface area contributed by atoms with Gasteiger partial charge in [-0.05, 0) is 86.6 Å². The predicted molar refractivity (Wildman–Crippen MR) is 94.7 cm³/mol. The van der Waals surface area contributed by atoms with Gasteiger partial charge in [0.25, 0.3) is 0 Å². The molecule has 0 N–H and O–H groups in total.